The summed E-state index contributed by atoms with van der Waals surface area (Å²) in [6.07, 6.45) is 7.81. The smallest absolute Gasteiger partial charge is 0.0453 e. The van der Waals surface area contributed by atoms with E-state index in [-0.39, 0.29) is 0 Å². The number of hydrogen-bond acceptors (Lipinski definition) is 1. The van der Waals surface area contributed by atoms with Crippen molar-refractivity contribution in [3.8, 4) is 0 Å². The van der Waals surface area contributed by atoms with Crippen LogP contribution >= 0.6 is 23.2 Å². The molecule has 0 spiro atoms. The number of benzene rings is 1. The van der Waals surface area contributed by atoms with Gasteiger partial charge in [-0.25, -0.2) is 0 Å². The van der Waals surface area contributed by atoms with Crippen LogP contribution in [-0.2, 0) is 6.42 Å². The van der Waals surface area contributed by atoms with Crippen LogP contribution in [0.2, 0.25) is 10.0 Å². The molecule has 0 saturated heterocycles. The molecule has 0 heterocycles. The van der Waals surface area contributed by atoms with Crippen LogP contribution in [0.4, 0.5) is 0 Å². The molecule has 3 rings (SSSR count). The van der Waals surface area contributed by atoms with Gasteiger partial charge in [0.05, 0.1) is 0 Å². The molecule has 0 aromatic heterocycles. The predicted molar refractivity (Wildman–Crippen MR) is 77.5 cm³/mol. The molecule has 2 aliphatic carbocycles. The van der Waals surface area contributed by atoms with Gasteiger partial charge in [-0.2, -0.15) is 0 Å². The molecule has 3 heteroatoms. The first-order valence-electron chi connectivity index (χ1n) is 6.84. The molecule has 0 aliphatic heterocycles. The Morgan fingerprint density at radius 1 is 1.22 bits per heavy atom. The number of halogens is 2. The summed E-state index contributed by atoms with van der Waals surface area (Å²) in [6, 6.07) is 6.69. The molecule has 0 unspecified atom stereocenters. The van der Waals surface area contributed by atoms with Crippen molar-refractivity contribution in [2.24, 2.45) is 5.41 Å². The quantitative estimate of drug-likeness (QED) is 0.841. The average Bonchev–Trinajstić information content (AvgIpc) is 3.08. The molecule has 0 bridgehead atoms. The van der Waals surface area contributed by atoms with E-state index in [0.29, 0.717) is 5.41 Å². The lowest BCUT2D eigenvalue weighted by atomic mass is 9.65. The summed E-state index contributed by atoms with van der Waals surface area (Å²) in [7, 11) is 0. The molecule has 98 valence electrons. The Bertz CT molecular complexity index is 436. The Morgan fingerprint density at radius 3 is 2.56 bits per heavy atom. The fraction of sp³-hybridized carbons (Fsp3) is 0.600. The zero-order valence-corrected chi connectivity index (χ0v) is 12.0. The molecule has 2 fully saturated rings. The summed E-state index contributed by atoms with van der Waals surface area (Å²) < 4.78 is 0. The number of nitrogens with one attached hydrogen (secondary N) is 1. The highest BCUT2D eigenvalue weighted by molar-refractivity contribution is 6.35. The van der Waals surface area contributed by atoms with Gasteiger partial charge in [-0.1, -0.05) is 35.7 Å². The van der Waals surface area contributed by atoms with Crippen LogP contribution in [0.1, 0.15) is 37.7 Å². The molecule has 2 saturated carbocycles. The number of rotatable bonds is 5. The Kier molecular flexibility index (Phi) is 3.57. The van der Waals surface area contributed by atoms with Crippen molar-refractivity contribution in [3.05, 3.63) is 33.8 Å². The van der Waals surface area contributed by atoms with E-state index in [1.54, 1.807) is 0 Å². The minimum absolute atomic E-state index is 0.445. The van der Waals surface area contributed by atoms with Gasteiger partial charge in [0.2, 0.25) is 0 Å². The van der Waals surface area contributed by atoms with E-state index >= 15 is 0 Å². The molecule has 2 aliphatic rings. The normalized spacial score (nSPS) is 21.7. The third-order valence-electron chi connectivity index (χ3n) is 4.34. The second-order valence-electron chi connectivity index (χ2n) is 5.92. The Labute approximate surface area is 119 Å². The van der Waals surface area contributed by atoms with E-state index in [2.05, 4.69) is 11.4 Å². The lowest BCUT2D eigenvalue weighted by molar-refractivity contribution is 0.129. The number of hydrogen-bond donors (Lipinski definition) is 1. The lowest BCUT2D eigenvalue weighted by Crippen LogP contribution is -2.42. The second kappa shape index (κ2) is 5.03. The Hall–Kier alpha value is -0.240. The summed E-state index contributed by atoms with van der Waals surface area (Å²) in [6.45, 7) is 1.15. The van der Waals surface area contributed by atoms with E-state index in [1.165, 1.54) is 37.7 Å². The molecular weight excluding hydrogens is 265 g/mol. The summed E-state index contributed by atoms with van der Waals surface area (Å²) in [4.78, 5) is 0. The van der Waals surface area contributed by atoms with Gasteiger partial charge in [-0.05, 0) is 55.2 Å². The van der Waals surface area contributed by atoms with Crippen molar-refractivity contribution in [1.82, 2.24) is 5.32 Å². The zero-order valence-electron chi connectivity index (χ0n) is 10.5. The maximum absolute atomic E-state index is 6.29. The lowest BCUT2D eigenvalue weighted by Gasteiger charge is -2.42. The van der Waals surface area contributed by atoms with E-state index in [9.17, 15) is 0 Å². The van der Waals surface area contributed by atoms with Crippen molar-refractivity contribution in [2.75, 3.05) is 6.54 Å². The van der Waals surface area contributed by atoms with Gasteiger partial charge in [0, 0.05) is 22.6 Å². The summed E-state index contributed by atoms with van der Waals surface area (Å²) in [5.41, 5.74) is 1.69. The molecule has 1 aromatic carbocycles. The highest BCUT2D eigenvalue weighted by atomic mass is 35.5. The molecular formula is C15H19Cl2N. The minimum Gasteiger partial charge on any atom is -0.313 e. The molecule has 1 N–H and O–H groups in total. The minimum atomic E-state index is 0.445. The summed E-state index contributed by atoms with van der Waals surface area (Å²) >= 11 is 12.2. The monoisotopic (exact) mass is 283 g/mol. The van der Waals surface area contributed by atoms with Gasteiger partial charge in [-0.15, -0.1) is 0 Å². The first-order chi connectivity index (χ1) is 8.67. The topological polar surface area (TPSA) is 12.0 Å². The molecule has 1 aromatic rings. The van der Waals surface area contributed by atoms with E-state index in [4.69, 9.17) is 23.2 Å². The van der Waals surface area contributed by atoms with E-state index in [0.717, 1.165) is 29.1 Å². The van der Waals surface area contributed by atoms with E-state index < -0.39 is 0 Å². The highest BCUT2D eigenvalue weighted by Gasteiger charge is 2.38. The molecule has 0 radical (unpaired) electrons. The maximum atomic E-state index is 6.29. The first kappa shape index (κ1) is 12.8. The van der Waals surface area contributed by atoms with Crippen LogP contribution in [0.3, 0.4) is 0 Å². The van der Waals surface area contributed by atoms with Gasteiger partial charge in [0.15, 0.2) is 0 Å². The summed E-state index contributed by atoms with van der Waals surface area (Å²) in [5, 5.41) is 5.23. The van der Waals surface area contributed by atoms with Gasteiger partial charge in [-0.3, -0.25) is 0 Å². The predicted octanol–water partition coefficient (Wildman–Crippen LogP) is 4.46. The SMILES string of the molecule is Clc1ccc(CC2(CNC3CC3)CCC2)c(Cl)c1. The second-order valence-corrected chi connectivity index (χ2v) is 6.76. The molecule has 0 amide bonds. The highest BCUT2D eigenvalue weighted by Crippen LogP contribution is 2.44. The average molecular weight is 284 g/mol. The van der Waals surface area contributed by atoms with Crippen LogP contribution in [0.5, 0.6) is 0 Å². The first-order valence-corrected chi connectivity index (χ1v) is 7.60. The van der Waals surface area contributed by atoms with Crippen LogP contribution < -0.4 is 5.32 Å². The fourth-order valence-corrected chi connectivity index (χ4v) is 3.29. The summed E-state index contributed by atoms with van der Waals surface area (Å²) in [5.74, 6) is 0. The van der Waals surface area contributed by atoms with Crippen LogP contribution in [0.15, 0.2) is 18.2 Å². The molecule has 1 nitrogen and oxygen atoms in total. The van der Waals surface area contributed by atoms with Crippen molar-refractivity contribution in [2.45, 2.75) is 44.6 Å². The zero-order chi connectivity index (χ0) is 12.6. The van der Waals surface area contributed by atoms with Gasteiger partial charge in [0.25, 0.3) is 0 Å². The Morgan fingerprint density at radius 2 is 2.00 bits per heavy atom. The Balaban J connectivity index is 1.68. The molecule has 0 atom stereocenters. The van der Waals surface area contributed by atoms with Crippen LogP contribution in [-0.4, -0.2) is 12.6 Å². The van der Waals surface area contributed by atoms with Crippen molar-refractivity contribution >= 4 is 23.2 Å². The van der Waals surface area contributed by atoms with Crippen molar-refractivity contribution < 1.29 is 0 Å². The van der Waals surface area contributed by atoms with Gasteiger partial charge < -0.3 is 5.32 Å². The standard InChI is InChI=1S/C15H19Cl2N/c16-12-3-2-11(14(17)8-12)9-15(6-1-7-15)10-18-13-4-5-13/h2-3,8,13,18H,1,4-7,9-10H2. The van der Waals surface area contributed by atoms with Crippen LogP contribution in [0.25, 0.3) is 0 Å². The van der Waals surface area contributed by atoms with Crippen LogP contribution in [0, 0.1) is 5.41 Å². The largest absolute Gasteiger partial charge is 0.313 e. The van der Waals surface area contributed by atoms with Gasteiger partial charge >= 0.3 is 0 Å². The third kappa shape index (κ3) is 2.84. The van der Waals surface area contributed by atoms with E-state index in [1.807, 2.05) is 12.1 Å². The fourth-order valence-electron chi connectivity index (χ4n) is 2.81. The van der Waals surface area contributed by atoms with Crippen molar-refractivity contribution in [3.63, 3.8) is 0 Å². The third-order valence-corrected chi connectivity index (χ3v) is 4.92. The molecule has 18 heavy (non-hydrogen) atoms. The van der Waals surface area contributed by atoms with Crippen molar-refractivity contribution in [1.29, 1.82) is 0 Å². The maximum Gasteiger partial charge on any atom is 0.0453 e. The van der Waals surface area contributed by atoms with Gasteiger partial charge in [0.1, 0.15) is 0 Å².